The van der Waals surface area contributed by atoms with E-state index in [0.29, 0.717) is 6.04 Å². The monoisotopic (exact) mass is 312 g/mol. The van der Waals surface area contributed by atoms with E-state index in [9.17, 15) is 4.79 Å². The van der Waals surface area contributed by atoms with Crippen molar-refractivity contribution in [1.82, 2.24) is 14.6 Å². The number of likely N-dealkylation sites (tertiary alicyclic amines) is 1. The van der Waals surface area contributed by atoms with Crippen LogP contribution in [0.3, 0.4) is 0 Å². The Kier molecular flexibility index (Phi) is 4.48. The van der Waals surface area contributed by atoms with Gasteiger partial charge in [-0.3, -0.25) is 24.8 Å². The van der Waals surface area contributed by atoms with Gasteiger partial charge in [-0.05, 0) is 57.0 Å². The second-order valence-electron chi connectivity index (χ2n) is 6.28. The molecular formula is C18H24N4O. The third-order valence-corrected chi connectivity index (χ3v) is 4.57. The molecule has 0 saturated carbocycles. The summed E-state index contributed by atoms with van der Waals surface area (Å²) in [5, 5.41) is 0. The highest BCUT2D eigenvalue weighted by molar-refractivity contribution is 5.81. The topological polar surface area (TPSA) is 50.2 Å². The molecule has 1 N–H and O–H groups in total. The molecule has 1 saturated heterocycles. The van der Waals surface area contributed by atoms with Gasteiger partial charge in [0.25, 0.3) is 0 Å². The van der Waals surface area contributed by atoms with Crippen LogP contribution in [-0.2, 0) is 11.3 Å². The molecule has 1 atom stereocenters. The van der Waals surface area contributed by atoms with Gasteiger partial charge in [-0.1, -0.05) is 6.07 Å². The van der Waals surface area contributed by atoms with Gasteiger partial charge in [0.1, 0.15) is 0 Å². The number of rotatable bonds is 4. The van der Waals surface area contributed by atoms with Gasteiger partial charge in [0.05, 0.1) is 11.7 Å². The second-order valence-corrected chi connectivity index (χ2v) is 6.28. The van der Waals surface area contributed by atoms with Gasteiger partial charge < -0.3 is 0 Å². The SMILES string of the molecule is CC(=O)Nn1c(C)cc(CN2CCC[C@H]2c2ccccn2)c1C. The van der Waals surface area contributed by atoms with Crippen LogP contribution in [0.1, 0.15) is 48.5 Å². The highest BCUT2D eigenvalue weighted by Gasteiger charge is 2.27. The predicted molar refractivity (Wildman–Crippen MR) is 90.6 cm³/mol. The Morgan fingerprint density at radius 3 is 2.91 bits per heavy atom. The van der Waals surface area contributed by atoms with Gasteiger partial charge >= 0.3 is 0 Å². The first-order valence-corrected chi connectivity index (χ1v) is 8.16. The Bertz CT molecular complexity index is 693. The summed E-state index contributed by atoms with van der Waals surface area (Å²) in [5.41, 5.74) is 7.45. The summed E-state index contributed by atoms with van der Waals surface area (Å²) in [6, 6.07) is 8.69. The average Bonchev–Trinajstić information content (AvgIpc) is 3.09. The molecule has 5 heteroatoms. The molecule has 0 aliphatic carbocycles. The number of nitrogens with one attached hydrogen (secondary N) is 1. The number of amides is 1. The van der Waals surface area contributed by atoms with Gasteiger partial charge in [0.2, 0.25) is 5.91 Å². The lowest BCUT2D eigenvalue weighted by Gasteiger charge is -2.24. The van der Waals surface area contributed by atoms with Gasteiger partial charge in [-0.25, -0.2) is 0 Å². The molecule has 1 fully saturated rings. The van der Waals surface area contributed by atoms with E-state index in [0.717, 1.165) is 36.6 Å². The third-order valence-electron chi connectivity index (χ3n) is 4.57. The predicted octanol–water partition coefficient (Wildman–Crippen LogP) is 2.93. The van der Waals surface area contributed by atoms with Gasteiger partial charge in [-0.15, -0.1) is 0 Å². The molecule has 0 aromatic carbocycles. The molecule has 122 valence electrons. The molecule has 2 aromatic heterocycles. The van der Waals surface area contributed by atoms with Crippen LogP contribution >= 0.6 is 0 Å². The van der Waals surface area contributed by atoms with Crippen molar-refractivity contribution in [2.45, 2.75) is 46.2 Å². The maximum atomic E-state index is 11.4. The van der Waals surface area contributed by atoms with E-state index in [4.69, 9.17) is 0 Å². The van der Waals surface area contributed by atoms with E-state index < -0.39 is 0 Å². The summed E-state index contributed by atoms with van der Waals surface area (Å²) in [4.78, 5) is 18.4. The van der Waals surface area contributed by atoms with E-state index in [-0.39, 0.29) is 5.91 Å². The molecule has 0 unspecified atom stereocenters. The molecular weight excluding hydrogens is 288 g/mol. The van der Waals surface area contributed by atoms with Crippen molar-refractivity contribution in [2.24, 2.45) is 0 Å². The summed E-state index contributed by atoms with van der Waals surface area (Å²) in [5.74, 6) is -0.0501. The average molecular weight is 312 g/mol. The number of carbonyl (C=O) groups is 1. The lowest BCUT2D eigenvalue weighted by atomic mass is 10.1. The largest absolute Gasteiger partial charge is 0.290 e. The Labute approximate surface area is 137 Å². The second kappa shape index (κ2) is 6.54. The Morgan fingerprint density at radius 2 is 2.22 bits per heavy atom. The standard InChI is InChI=1S/C18H24N4O/c1-13-11-16(14(2)22(13)20-15(3)23)12-21-10-6-8-18(21)17-7-4-5-9-19-17/h4-5,7,9,11,18H,6,8,10,12H2,1-3H3,(H,20,23)/t18-/m0/s1. The quantitative estimate of drug-likeness (QED) is 0.944. The van der Waals surface area contributed by atoms with E-state index in [2.05, 4.69) is 40.4 Å². The summed E-state index contributed by atoms with van der Waals surface area (Å²) in [6.45, 7) is 7.60. The van der Waals surface area contributed by atoms with Crippen molar-refractivity contribution in [3.05, 3.63) is 53.1 Å². The van der Waals surface area contributed by atoms with E-state index in [1.165, 1.54) is 18.9 Å². The fourth-order valence-electron chi connectivity index (χ4n) is 3.46. The van der Waals surface area contributed by atoms with Crippen LogP contribution in [0.5, 0.6) is 0 Å². The van der Waals surface area contributed by atoms with E-state index in [1.54, 1.807) is 0 Å². The Hall–Kier alpha value is -2.14. The summed E-state index contributed by atoms with van der Waals surface area (Å²) < 4.78 is 1.88. The van der Waals surface area contributed by atoms with Crippen LogP contribution in [0, 0.1) is 13.8 Å². The fourth-order valence-corrected chi connectivity index (χ4v) is 3.46. The zero-order valence-corrected chi connectivity index (χ0v) is 14.0. The molecule has 1 aliphatic heterocycles. The highest BCUT2D eigenvalue weighted by atomic mass is 16.2. The van der Waals surface area contributed by atoms with Gasteiger partial charge in [0, 0.05) is 31.1 Å². The molecule has 0 radical (unpaired) electrons. The fraction of sp³-hybridized carbons (Fsp3) is 0.444. The Morgan fingerprint density at radius 1 is 1.39 bits per heavy atom. The van der Waals surface area contributed by atoms with E-state index in [1.807, 2.05) is 23.9 Å². The smallest absolute Gasteiger partial charge is 0.235 e. The first kappa shape index (κ1) is 15.7. The highest BCUT2D eigenvalue weighted by Crippen LogP contribution is 2.32. The van der Waals surface area contributed by atoms with Crippen molar-refractivity contribution < 1.29 is 4.79 Å². The lowest BCUT2D eigenvalue weighted by Crippen LogP contribution is -2.25. The zero-order chi connectivity index (χ0) is 16.4. The van der Waals surface area contributed by atoms with Crippen molar-refractivity contribution >= 4 is 5.91 Å². The van der Waals surface area contributed by atoms with Crippen LogP contribution in [0.15, 0.2) is 30.5 Å². The minimum absolute atomic E-state index is 0.0501. The van der Waals surface area contributed by atoms with Crippen molar-refractivity contribution in [3.63, 3.8) is 0 Å². The summed E-state index contributed by atoms with van der Waals surface area (Å²) in [7, 11) is 0. The molecule has 3 rings (SSSR count). The van der Waals surface area contributed by atoms with Crippen LogP contribution in [0.2, 0.25) is 0 Å². The van der Waals surface area contributed by atoms with Crippen LogP contribution in [0.25, 0.3) is 0 Å². The molecule has 5 nitrogen and oxygen atoms in total. The minimum Gasteiger partial charge on any atom is -0.290 e. The number of aromatic nitrogens is 2. The molecule has 3 heterocycles. The minimum atomic E-state index is -0.0501. The third kappa shape index (κ3) is 3.29. The first-order valence-electron chi connectivity index (χ1n) is 8.16. The van der Waals surface area contributed by atoms with Gasteiger partial charge in [-0.2, -0.15) is 0 Å². The normalized spacial score (nSPS) is 18.3. The van der Waals surface area contributed by atoms with E-state index >= 15 is 0 Å². The van der Waals surface area contributed by atoms with Crippen LogP contribution < -0.4 is 5.43 Å². The summed E-state index contributed by atoms with van der Waals surface area (Å²) in [6.07, 6.45) is 4.22. The maximum Gasteiger partial charge on any atom is 0.235 e. The molecule has 2 aromatic rings. The summed E-state index contributed by atoms with van der Waals surface area (Å²) >= 11 is 0. The van der Waals surface area contributed by atoms with Crippen molar-refractivity contribution in [1.29, 1.82) is 0 Å². The lowest BCUT2D eigenvalue weighted by molar-refractivity contribution is -0.115. The van der Waals surface area contributed by atoms with Crippen molar-refractivity contribution in [2.75, 3.05) is 12.0 Å². The number of carbonyl (C=O) groups excluding carboxylic acids is 1. The number of aryl methyl sites for hydroxylation is 1. The zero-order valence-electron chi connectivity index (χ0n) is 14.0. The van der Waals surface area contributed by atoms with Crippen LogP contribution in [0.4, 0.5) is 0 Å². The number of hydrogen-bond acceptors (Lipinski definition) is 3. The van der Waals surface area contributed by atoms with Gasteiger partial charge in [0.15, 0.2) is 0 Å². The number of pyridine rings is 1. The number of nitrogens with zero attached hydrogens (tertiary/aromatic N) is 3. The molecule has 1 amide bonds. The molecule has 1 aliphatic rings. The van der Waals surface area contributed by atoms with Crippen LogP contribution in [-0.4, -0.2) is 27.0 Å². The molecule has 23 heavy (non-hydrogen) atoms. The number of hydrogen-bond donors (Lipinski definition) is 1. The first-order chi connectivity index (χ1) is 11.1. The Balaban J connectivity index is 1.80. The maximum absolute atomic E-state index is 11.4. The molecule has 0 bridgehead atoms. The molecule has 0 spiro atoms. The van der Waals surface area contributed by atoms with Crippen molar-refractivity contribution in [3.8, 4) is 0 Å².